The molecule has 2 aromatic rings. The van der Waals surface area contributed by atoms with Gasteiger partial charge in [0.15, 0.2) is 0 Å². The minimum Gasteiger partial charge on any atom is -0.399 e. The van der Waals surface area contributed by atoms with Crippen LogP contribution in [0.1, 0.15) is 11.1 Å². The van der Waals surface area contributed by atoms with E-state index >= 15 is 0 Å². The molecule has 2 aromatic carbocycles. The van der Waals surface area contributed by atoms with Crippen molar-refractivity contribution < 1.29 is 4.39 Å². The van der Waals surface area contributed by atoms with Gasteiger partial charge in [-0.3, -0.25) is 0 Å². The van der Waals surface area contributed by atoms with Crippen LogP contribution in [0.25, 0.3) is 0 Å². The van der Waals surface area contributed by atoms with Gasteiger partial charge in [0.2, 0.25) is 0 Å². The lowest BCUT2D eigenvalue weighted by Crippen LogP contribution is -1.97. The Morgan fingerprint density at radius 2 is 1.72 bits per heavy atom. The molecule has 3 N–H and O–H groups in total. The molecule has 0 aliphatic rings. The van der Waals surface area contributed by atoms with Gasteiger partial charge >= 0.3 is 0 Å². The molecule has 0 aromatic heterocycles. The third-order valence-corrected chi connectivity index (χ3v) is 3.96. The summed E-state index contributed by atoms with van der Waals surface area (Å²) in [6.45, 7) is 4.00. The molecule has 0 aliphatic carbocycles. The first-order valence-corrected chi connectivity index (χ1v) is 6.35. The SMILES string of the molecule is Cc1cc(Nc2ccc(N)cc2F)cc(C)c1Br. The monoisotopic (exact) mass is 308 g/mol. The zero-order valence-corrected chi connectivity index (χ0v) is 11.8. The standard InChI is InChI=1S/C14H14BrFN2/c1-8-5-11(6-9(2)14(8)15)18-13-4-3-10(17)7-12(13)16/h3-7,18H,17H2,1-2H3. The van der Waals surface area contributed by atoms with Gasteiger partial charge in [-0.2, -0.15) is 0 Å². The van der Waals surface area contributed by atoms with Crippen LogP contribution in [0.4, 0.5) is 21.5 Å². The molecule has 18 heavy (non-hydrogen) atoms. The van der Waals surface area contributed by atoms with E-state index < -0.39 is 0 Å². The zero-order valence-electron chi connectivity index (χ0n) is 10.2. The summed E-state index contributed by atoms with van der Waals surface area (Å²) >= 11 is 3.50. The van der Waals surface area contributed by atoms with Crippen LogP contribution in [0, 0.1) is 19.7 Å². The number of nitrogen functional groups attached to an aromatic ring is 1. The molecular formula is C14H14BrFN2. The van der Waals surface area contributed by atoms with Crippen LogP contribution in [0.5, 0.6) is 0 Å². The maximum absolute atomic E-state index is 13.7. The number of hydrogen-bond acceptors (Lipinski definition) is 2. The first-order chi connectivity index (χ1) is 8.47. The Morgan fingerprint density at radius 3 is 2.28 bits per heavy atom. The van der Waals surface area contributed by atoms with Crippen molar-refractivity contribution in [1.82, 2.24) is 0 Å². The molecule has 2 nitrogen and oxygen atoms in total. The van der Waals surface area contributed by atoms with Gasteiger partial charge in [0.1, 0.15) is 5.82 Å². The highest BCUT2D eigenvalue weighted by Gasteiger charge is 2.06. The Bertz CT molecular complexity index is 573. The number of aryl methyl sites for hydroxylation is 2. The topological polar surface area (TPSA) is 38.0 Å². The number of anilines is 3. The largest absolute Gasteiger partial charge is 0.399 e. The summed E-state index contributed by atoms with van der Waals surface area (Å²) in [4.78, 5) is 0. The Labute approximate surface area is 114 Å². The molecule has 0 heterocycles. The molecule has 0 spiro atoms. The summed E-state index contributed by atoms with van der Waals surface area (Å²) in [7, 11) is 0. The summed E-state index contributed by atoms with van der Waals surface area (Å²) in [5.41, 5.74) is 9.42. The van der Waals surface area contributed by atoms with Crippen LogP contribution in [-0.2, 0) is 0 Å². The molecule has 0 amide bonds. The Kier molecular flexibility index (Phi) is 3.57. The van der Waals surface area contributed by atoms with Crippen molar-refractivity contribution >= 4 is 33.0 Å². The summed E-state index contributed by atoms with van der Waals surface area (Å²) < 4.78 is 14.7. The van der Waals surface area contributed by atoms with Crippen LogP contribution in [0.2, 0.25) is 0 Å². The van der Waals surface area contributed by atoms with E-state index in [1.807, 2.05) is 26.0 Å². The van der Waals surface area contributed by atoms with Crippen molar-refractivity contribution in [1.29, 1.82) is 0 Å². The van der Waals surface area contributed by atoms with Crippen molar-refractivity contribution in [3.8, 4) is 0 Å². The van der Waals surface area contributed by atoms with E-state index in [2.05, 4.69) is 21.2 Å². The highest BCUT2D eigenvalue weighted by molar-refractivity contribution is 9.10. The number of hydrogen-bond donors (Lipinski definition) is 2. The Balaban J connectivity index is 2.34. The van der Waals surface area contributed by atoms with E-state index in [0.29, 0.717) is 11.4 Å². The fraction of sp³-hybridized carbons (Fsp3) is 0.143. The Hall–Kier alpha value is -1.55. The van der Waals surface area contributed by atoms with Gasteiger partial charge in [0, 0.05) is 15.8 Å². The summed E-state index contributed by atoms with van der Waals surface area (Å²) in [5.74, 6) is -0.353. The molecule has 94 valence electrons. The number of rotatable bonds is 2. The van der Waals surface area contributed by atoms with Crippen molar-refractivity contribution in [2.24, 2.45) is 0 Å². The molecule has 0 radical (unpaired) electrons. The molecule has 0 atom stereocenters. The van der Waals surface area contributed by atoms with Gasteiger partial charge in [0.25, 0.3) is 0 Å². The predicted molar refractivity (Wildman–Crippen MR) is 77.7 cm³/mol. The number of nitrogens with one attached hydrogen (secondary N) is 1. The van der Waals surface area contributed by atoms with E-state index in [9.17, 15) is 4.39 Å². The minimum absolute atomic E-state index is 0.353. The first-order valence-electron chi connectivity index (χ1n) is 5.56. The smallest absolute Gasteiger partial charge is 0.148 e. The zero-order chi connectivity index (χ0) is 13.3. The minimum atomic E-state index is -0.353. The normalized spacial score (nSPS) is 10.4. The number of nitrogens with two attached hydrogens (primary N) is 1. The van der Waals surface area contributed by atoms with E-state index in [1.54, 1.807) is 12.1 Å². The molecule has 0 aliphatic heterocycles. The van der Waals surface area contributed by atoms with Crippen molar-refractivity contribution in [2.75, 3.05) is 11.1 Å². The van der Waals surface area contributed by atoms with Gasteiger partial charge in [0.05, 0.1) is 5.69 Å². The van der Waals surface area contributed by atoms with Gasteiger partial charge in [-0.25, -0.2) is 4.39 Å². The highest BCUT2D eigenvalue weighted by atomic mass is 79.9. The quantitative estimate of drug-likeness (QED) is 0.800. The van der Waals surface area contributed by atoms with Gasteiger partial charge in [-0.15, -0.1) is 0 Å². The molecule has 2 rings (SSSR count). The van der Waals surface area contributed by atoms with Crippen molar-refractivity contribution in [2.45, 2.75) is 13.8 Å². The maximum atomic E-state index is 13.7. The van der Waals surface area contributed by atoms with Crippen LogP contribution in [-0.4, -0.2) is 0 Å². The van der Waals surface area contributed by atoms with Crippen molar-refractivity contribution in [3.63, 3.8) is 0 Å². The number of halogens is 2. The average Bonchev–Trinajstić information content (AvgIpc) is 2.29. The predicted octanol–water partition coefficient (Wildman–Crippen LogP) is 4.53. The highest BCUT2D eigenvalue weighted by Crippen LogP contribution is 2.28. The van der Waals surface area contributed by atoms with Crippen LogP contribution in [0.15, 0.2) is 34.8 Å². The van der Waals surface area contributed by atoms with Crippen molar-refractivity contribution in [3.05, 3.63) is 51.7 Å². The van der Waals surface area contributed by atoms with Gasteiger partial charge in [-0.05, 0) is 55.3 Å². The van der Waals surface area contributed by atoms with Gasteiger partial charge < -0.3 is 11.1 Å². The summed E-state index contributed by atoms with van der Waals surface area (Å²) in [6, 6.07) is 8.54. The molecule has 0 saturated carbocycles. The molecular weight excluding hydrogens is 295 g/mol. The molecule has 0 fully saturated rings. The van der Waals surface area contributed by atoms with E-state index in [-0.39, 0.29) is 5.82 Å². The van der Waals surface area contributed by atoms with Crippen LogP contribution < -0.4 is 11.1 Å². The number of benzene rings is 2. The average molecular weight is 309 g/mol. The summed E-state index contributed by atoms with van der Waals surface area (Å²) in [5, 5.41) is 3.06. The van der Waals surface area contributed by atoms with Gasteiger partial charge in [-0.1, -0.05) is 15.9 Å². The maximum Gasteiger partial charge on any atom is 0.148 e. The fourth-order valence-corrected chi connectivity index (χ4v) is 2.04. The molecule has 0 bridgehead atoms. The first kappa shape index (κ1) is 12.9. The Morgan fingerprint density at radius 1 is 1.11 bits per heavy atom. The molecule has 0 saturated heterocycles. The second-order valence-electron chi connectivity index (χ2n) is 4.29. The molecule has 0 unspecified atom stereocenters. The lowest BCUT2D eigenvalue weighted by molar-refractivity contribution is 0.632. The lowest BCUT2D eigenvalue weighted by atomic mass is 10.1. The van der Waals surface area contributed by atoms with Crippen LogP contribution >= 0.6 is 15.9 Å². The van der Waals surface area contributed by atoms with E-state index in [4.69, 9.17) is 5.73 Å². The van der Waals surface area contributed by atoms with Crippen LogP contribution in [0.3, 0.4) is 0 Å². The summed E-state index contributed by atoms with van der Waals surface area (Å²) in [6.07, 6.45) is 0. The van der Waals surface area contributed by atoms with E-state index in [1.165, 1.54) is 6.07 Å². The third-order valence-electron chi connectivity index (χ3n) is 2.71. The second-order valence-corrected chi connectivity index (χ2v) is 5.08. The second kappa shape index (κ2) is 4.98. The van der Waals surface area contributed by atoms with E-state index in [0.717, 1.165) is 21.3 Å². The fourth-order valence-electron chi connectivity index (χ4n) is 1.81. The molecule has 4 heteroatoms. The lowest BCUT2D eigenvalue weighted by Gasteiger charge is -2.11. The third kappa shape index (κ3) is 2.64.